The minimum absolute atomic E-state index is 0.0557. The topological polar surface area (TPSA) is 108 Å². The van der Waals surface area contributed by atoms with Gasteiger partial charge in [0.2, 0.25) is 0 Å². The maximum atomic E-state index is 11.6. The van der Waals surface area contributed by atoms with Crippen molar-refractivity contribution in [3.8, 4) is 0 Å². The molecule has 8 heteroatoms. The Hall–Kier alpha value is -2.64. The van der Waals surface area contributed by atoms with Gasteiger partial charge in [-0.25, -0.2) is 4.79 Å². The third-order valence-electron chi connectivity index (χ3n) is 2.57. The van der Waals surface area contributed by atoms with Gasteiger partial charge in [-0.15, -0.1) is 0 Å². The van der Waals surface area contributed by atoms with Gasteiger partial charge in [-0.1, -0.05) is 12.1 Å². The van der Waals surface area contributed by atoms with Crippen molar-refractivity contribution in [2.75, 3.05) is 6.54 Å². The van der Waals surface area contributed by atoms with Crippen LogP contribution in [-0.4, -0.2) is 29.1 Å². The summed E-state index contributed by atoms with van der Waals surface area (Å²) >= 11 is 0. The van der Waals surface area contributed by atoms with E-state index in [0.717, 1.165) is 0 Å². The van der Waals surface area contributed by atoms with Crippen LogP contribution < -0.4 is 5.32 Å². The lowest BCUT2D eigenvalue weighted by Gasteiger charge is -2.19. The quantitative estimate of drug-likeness (QED) is 0.489. The number of nitrogens with zero attached hydrogens (tertiary/aromatic N) is 1. The van der Waals surface area contributed by atoms with Crippen LogP contribution in [-0.2, 0) is 20.9 Å². The van der Waals surface area contributed by atoms with Gasteiger partial charge < -0.3 is 14.8 Å². The first kappa shape index (κ1) is 18.4. The molecule has 23 heavy (non-hydrogen) atoms. The maximum Gasteiger partial charge on any atom is 0.407 e. The first-order valence-electron chi connectivity index (χ1n) is 7.04. The number of nitrogens with one attached hydrogen (secondary N) is 1. The molecule has 1 amide bonds. The number of nitro benzene ring substituents is 1. The summed E-state index contributed by atoms with van der Waals surface area (Å²) in [4.78, 5) is 33.3. The minimum atomic E-state index is -0.621. The number of alkyl carbamates (subject to hydrolysis) is 1. The van der Waals surface area contributed by atoms with Gasteiger partial charge in [0, 0.05) is 12.6 Å². The number of nitro groups is 1. The van der Waals surface area contributed by atoms with Crippen LogP contribution in [0.15, 0.2) is 24.3 Å². The Bertz CT molecular complexity index is 580. The molecule has 8 nitrogen and oxygen atoms in total. The Balaban J connectivity index is 2.36. The molecule has 1 aromatic carbocycles. The molecule has 0 unspecified atom stereocenters. The highest BCUT2D eigenvalue weighted by Gasteiger charge is 2.17. The Morgan fingerprint density at radius 1 is 1.26 bits per heavy atom. The fourth-order valence-corrected chi connectivity index (χ4v) is 1.62. The van der Waals surface area contributed by atoms with E-state index in [0.29, 0.717) is 5.56 Å². The van der Waals surface area contributed by atoms with Crippen LogP contribution >= 0.6 is 0 Å². The number of rotatable bonds is 6. The number of benzene rings is 1. The predicted molar refractivity (Wildman–Crippen MR) is 81.7 cm³/mol. The summed E-state index contributed by atoms with van der Waals surface area (Å²) in [6, 6.07) is 6.02. The Morgan fingerprint density at radius 3 is 2.52 bits per heavy atom. The van der Waals surface area contributed by atoms with Crippen LogP contribution in [0.2, 0.25) is 0 Å². The molecule has 0 spiro atoms. The summed E-state index contributed by atoms with van der Waals surface area (Å²) in [6.07, 6.45) is -0.677. The molecular weight excluding hydrogens is 304 g/mol. The number of ether oxygens (including phenoxy) is 2. The third-order valence-corrected chi connectivity index (χ3v) is 2.57. The molecule has 0 radical (unpaired) electrons. The molecule has 0 atom stereocenters. The molecule has 0 aliphatic heterocycles. The molecule has 0 aliphatic rings. The molecule has 0 heterocycles. The second kappa shape index (κ2) is 8.11. The van der Waals surface area contributed by atoms with E-state index in [-0.39, 0.29) is 25.3 Å². The van der Waals surface area contributed by atoms with Crippen LogP contribution in [0.3, 0.4) is 0 Å². The van der Waals surface area contributed by atoms with Crippen LogP contribution in [0, 0.1) is 10.1 Å². The van der Waals surface area contributed by atoms with Gasteiger partial charge in [0.15, 0.2) is 0 Å². The summed E-state index contributed by atoms with van der Waals surface area (Å²) in [5.41, 5.74) is -0.408. The van der Waals surface area contributed by atoms with Gasteiger partial charge in [0.1, 0.15) is 12.2 Å². The highest BCUT2D eigenvalue weighted by molar-refractivity contribution is 5.72. The standard InChI is InChI=1S/C15H20N2O6/c1-15(2,3)23-14(19)16-9-8-13(18)22-10-11-6-4-5-7-12(11)17(20)21/h4-7H,8-10H2,1-3H3,(H,16,19). The van der Waals surface area contributed by atoms with E-state index in [9.17, 15) is 19.7 Å². The smallest absolute Gasteiger partial charge is 0.407 e. The zero-order valence-corrected chi connectivity index (χ0v) is 13.3. The van der Waals surface area contributed by atoms with Crippen molar-refractivity contribution in [3.63, 3.8) is 0 Å². The third kappa shape index (κ3) is 7.25. The number of hydrogen-bond acceptors (Lipinski definition) is 6. The number of hydrogen-bond donors (Lipinski definition) is 1. The molecule has 126 valence electrons. The average molecular weight is 324 g/mol. The number of esters is 1. The van der Waals surface area contributed by atoms with Crippen molar-refractivity contribution in [3.05, 3.63) is 39.9 Å². The Labute approximate surface area is 133 Å². The second-order valence-electron chi connectivity index (χ2n) is 5.73. The summed E-state index contributed by atoms with van der Waals surface area (Å²) in [6.45, 7) is 5.06. The summed E-state index contributed by atoms with van der Waals surface area (Å²) in [7, 11) is 0. The lowest BCUT2D eigenvalue weighted by Crippen LogP contribution is -2.33. The van der Waals surface area contributed by atoms with E-state index in [1.807, 2.05) is 0 Å². The van der Waals surface area contributed by atoms with Gasteiger partial charge in [0.25, 0.3) is 5.69 Å². The maximum absolute atomic E-state index is 11.6. The number of amides is 1. The predicted octanol–water partition coefficient (Wildman–Crippen LogP) is 2.55. The van der Waals surface area contributed by atoms with Crippen molar-refractivity contribution in [2.45, 2.75) is 39.4 Å². The fraction of sp³-hybridized carbons (Fsp3) is 0.467. The molecule has 0 saturated heterocycles. The van der Waals surface area contributed by atoms with Crippen molar-refractivity contribution in [1.82, 2.24) is 5.32 Å². The lowest BCUT2D eigenvalue weighted by molar-refractivity contribution is -0.385. The van der Waals surface area contributed by atoms with Crippen LogP contribution in [0.25, 0.3) is 0 Å². The van der Waals surface area contributed by atoms with E-state index in [2.05, 4.69) is 5.32 Å². The SMILES string of the molecule is CC(C)(C)OC(=O)NCCC(=O)OCc1ccccc1[N+](=O)[O-]. The first-order chi connectivity index (χ1) is 10.7. The normalized spacial score (nSPS) is 10.7. The Morgan fingerprint density at radius 2 is 1.91 bits per heavy atom. The van der Waals surface area contributed by atoms with Gasteiger partial charge in [-0.05, 0) is 26.8 Å². The van der Waals surface area contributed by atoms with Gasteiger partial charge in [0.05, 0.1) is 16.9 Å². The second-order valence-corrected chi connectivity index (χ2v) is 5.73. The molecule has 0 fully saturated rings. The Kier molecular flexibility index (Phi) is 6.49. The van der Waals surface area contributed by atoms with Gasteiger partial charge in [-0.3, -0.25) is 14.9 Å². The summed E-state index contributed by atoms with van der Waals surface area (Å²) in [5.74, 6) is -0.570. The van der Waals surface area contributed by atoms with Crippen LogP contribution in [0.1, 0.15) is 32.8 Å². The summed E-state index contributed by atoms with van der Waals surface area (Å²) < 4.78 is 9.98. The highest BCUT2D eigenvalue weighted by Crippen LogP contribution is 2.18. The molecule has 1 N–H and O–H groups in total. The van der Waals surface area contributed by atoms with Crippen LogP contribution in [0.5, 0.6) is 0 Å². The highest BCUT2D eigenvalue weighted by atomic mass is 16.6. The lowest BCUT2D eigenvalue weighted by atomic mass is 10.2. The monoisotopic (exact) mass is 324 g/mol. The molecule has 0 bridgehead atoms. The van der Waals surface area contributed by atoms with Crippen molar-refractivity contribution in [2.24, 2.45) is 0 Å². The van der Waals surface area contributed by atoms with Crippen LogP contribution in [0.4, 0.5) is 10.5 Å². The first-order valence-corrected chi connectivity index (χ1v) is 7.04. The van der Waals surface area contributed by atoms with E-state index in [4.69, 9.17) is 9.47 Å². The molecular formula is C15H20N2O6. The summed E-state index contributed by atoms with van der Waals surface area (Å²) in [5, 5.41) is 13.3. The molecule has 0 aliphatic carbocycles. The van der Waals surface area contributed by atoms with Gasteiger partial charge in [-0.2, -0.15) is 0 Å². The van der Waals surface area contributed by atoms with Crippen molar-refractivity contribution < 1.29 is 24.0 Å². The largest absolute Gasteiger partial charge is 0.460 e. The number of carbonyl (C=O) groups is 2. The minimum Gasteiger partial charge on any atom is -0.460 e. The van der Waals surface area contributed by atoms with Gasteiger partial charge >= 0.3 is 12.1 Å². The number of para-hydroxylation sites is 1. The fourth-order valence-electron chi connectivity index (χ4n) is 1.62. The molecule has 0 saturated carbocycles. The average Bonchev–Trinajstić information content (AvgIpc) is 2.43. The number of carbonyl (C=O) groups excluding carboxylic acids is 2. The molecule has 0 aromatic heterocycles. The van der Waals surface area contributed by atoms with Crippen molar-refractivity contribution >= 4 is 17.7 Å². The zero-order chi connectivity index (χ0) is 17.5. The van der Waals surface area contributed by atoms with E-state index >= 15 is 0 Å². The van der Waals surface area contributed by atoms with E-state index in [1.165, 1.54) is 18.2 Å². The van der Waals surface area contributed by atoms with E-state index in [1.54, 1.807) is 26.8 Å². The van der Waals surface area contributed by atoms with E-state index < -0.39 is 22.6 Å². The molecule has 1 aromatic rings. The zero-order valence-electron chi connectivity index (χ0n) is 13.3. The van der Waals surface area contributed by atoms with Crippen molar-refractivity contribution in [1.29, 1.82) is 0 Å². The molecule has 1 rings (SSSR count).